The maximum absolute atomic E-state index is 14.2. The summed E-state index contributed by atoms with van der Waals surface area (Å²) in [5.74, 6) is 0.280. The van der Waals surface area contributed by atoms with E-state index in [0.717, 1.165) is 5.56 Å². The highest BCUT2D eigenvalue weighted by Crippen LogP contribution is 2.23. The zero-order valence-corrected chi connectivity index (χ0v) is 15.9. The van der Waals surface area contributed by atoms with Crippen molar-refractivity contribution in [2.75, 3.05) is 18.8 Å². The van der Waals surface area contributed by atoms with Gasteiger partial charge in [0.15, 0.2) is 25.0 Å². The number of aliphatic imine (C=N–C) groups is 1. The minimum Gasteiger partial charge on any atom is -0.488 e. The smallest absolute Gasteiger partial charge is 0.203 e. The van der Waals surface area contributed by atoms with Gasteiger partial charge in [0.1, 0.15) is 0 Å². The van der Waals surface area contributed by atoms with Crippen LogP contribution in [0.2, 0.25) is 5.02 Å². The molecule has 0 fully saturated rings. The van der Waals surface area contributed by atoms with Crippen molar-refractivity contribution in [3.05, 3.63) is 58.9 Å². The average molecular weight is 394 g/mol. The first kappa shape index (κ1) is 19.4. The summed E-state index contributed by atoms with van der Waals surface area (Å²) in [7, 11) is 0. The molecule has 1 aliphatic rings. The maximum Gasteiger partial charge on any atom is 0.203 e. The number of hydrogen-bond donors (Lipinski definition) is 1. The number of benzene rings is 2. The summed E-state index contributed by atoms with van der Waals surface area (Å²) in [4.78, 5) is 16.2. The Morgan fingerprint density at radius 2 is 2.00 bits per heavy atom. The van der Waals surface area contributed by atoms with E-state index in [1.807, 2.05) is 43.0 Å². The maximum atomic E-state index is 14.2. The number of nitrogens with one attached hydrogen (secondary N) is 1. The zero-order valence-electron chi connectivity index (χ0n) is 15.1. The predicted octanol–water partition coefficient (Wildman–Crippen LogP) is 4.41. The molecular weight excluding hydrogens is 373 g/mol. The third kappa shape index (κ3) is 5.56. The van der Waals surface area contributed by atoms with Gasteiger partial charge in [0.2, 0.25) is 5.96 Å². The molecule has 1 N–H and O–H groups in total. The molecule has 0 amide bonds. The fourth-order valence-corrected chi connectivity index (χ4v) is 2.62. The first-order valence-corrected chi connectivity index (χ1v) is 8.90. The van der Waals surface area contributed by atoms with Crippen molar-refractivity contribution >= 4 is 23.2 Å². The highest BCUT2D eigenvalue weighted by Gasteiger charge is 2.17. The summed E-state index contributed by atoms with van der Waals surface area (Å²) in [6.07, 6.45) is -0.103. The van der Waals surface area contributed by atoms with Crippen LogP contribution in [0, 0.1) is 5.82 Å². The van der Waals surface area contributed by atoms with Gasteiger partial charge in [-0.2, -0.15) is 0 Å². The lowest BCUT2D eigenvalue weighted by atomic mass is 10.2. The standard InChI is InChI=1S/C19H21ClFN3O3/c1-13(2)27-18-8-7-16(9-17(18)21)23-19-22-11-25-26-12-24(19)10-14-3-5-15(20)6-4-14/h3-9,13H,10-12H2,1-2H3,(H,22,23). The van der Waals surface area contributed by atoms with Gasteiger partial charge < -0.3 is 15.0 Å². The summed E-state index contributed by atoms with van der Waals surface area (Å²) in [6, 6.07) is 12.2. The normalized spacial score (nSPS) is 14.7. The first-order valence-electron chi connectivity index (χ1n) is 8.53. The van der Waals surface area contributed by atoms with Gasteiger partial charge in [-0.3, -0.25) is 0 Å². The molecular formula is C19H21ClFN3O3. The Balaban J connectivity index is 1.74. The van der Waals surface area contributed by atoms with Crippen LogP contribution in [0.15, 0.2) is 47.5 Å². The molecule has 1 heterocycles. The van der Waals surface area contributed by atoms with Gasteiger partial charge in [-0.05, 0) is 43.7 Å². The number of hydrogen-bond acceptors (Lipinski definition) is 6. The zero-order chi connectivity index (χ0) is 19.2. The SMILES string of the molecule is CC(C)Oc1ccc(NC2=NCOOCN2Cc2ccc(Cl)cc2)cc1F. The Bertz CT molecular complexity index is 799. The van der Waals surface area contributed by atoms with Crippen LogP contribution >= 0.6 is 11.6 Å². The largest absolute Gasteiger partial charge is 0.488 e. The molecule has 0 saturated heterocycles. The Morgan fingerprint density at radius 3 is 2.70 bits per heavy atom. The minimum atomic E-state index is -0.445. The van der Waals surface area contributed by atoms with Crippen LogP contribution in [0.3, 0.4) is 0 Å². The second-order valence-corrected chi connectivity index (χ2v) is 6.67. The lowest BCUT2D eigenvalue weighted by molar-refractivity contribution is -0.304. The van der Waals surface area contributed by atoms with Crippen molar-refractivity contribution in [1.82, 2.24) is 4.90 Å². The van der Waals surface area contributed by atoms with Crippen molar-refractivity contribution in [1.29, 1.82) is 0 Å². The fourth-order valence-electron chi connectivity index (χ4n) is 2.49. The first-order chi connectivity index (χ1) is 13.0. The number of rotatable bonds is 5. The molecule has 3 rings (SSSR count). The molecule has 6 nitrogen and oxygen atoms in total. The Morgan fingerprint density at radius 1 is 1.22 bits per heavy atom. The van der Waals surface area contributed by atoms with Crippen molar-refractivity contribution < 1.29 is 18.9 Å². The molecule has 2 aromatic carbocycles. The highest BCUT2D eigenvalue weighted by molar-refractivity contribution is 6.30. The van der Waals surface area contributed by atoms with Crippen LogP contribution in [0.1, 0.15) is 19.4 Å². The third-order valence-electron chi connectivity index (χ3n) is 3.70. The van der Waals surface area contributed by atoms with E-state index in [1.54, 1.807) is 12.1 Å². The van der Waals surface area contributed by atoms with Gasteiger partial charge in [-0.25, -0.2) is 19.2 Å². The average Bonchev–Trinajstić information content (AvgIpc) is 2.84. The van der Waals surface area contributed by atoms with Crippen LogP contribution < -0.4 is 10.1 Å². The van der Waals surface area contributed by atoms with E-state index in [9.17, 15) is 4.39 Å². The molecule has 0 aromatic heterocycles. The molecule has 1 aliphatic heterocycles. The number of halogens is 2. The van der Waals surface area contributed by atoms with E-state index in [4.69, 9.17) is 26.1 Å². The van der Waals surface area contributed by atoms with Gasteiger partial charge in [0, 0.05) is 23.3 Å². The summed E-state index contributed by atoms with van der Waals surface area (Å²) in [6.45, 7) is 4.42. The summed E-state index contributed by atoms with van der Waals surface area (Å²) in [5, 5.41) is 3.79. The van der Waals surface area contributed by atoms with Crippen molar-refractivity contribution in [3.8, 4) is 5.75 Å². The quantitative estimate of drug-likeness (QED) is 0.762. The van der Waals surface area contributed by atoms with E-state index in [-0.39, 0.29) is 25.3 Å². The van der Waals surface area contributed by atoms with Crippen molar-refractivity contribution in [2.45, 2.75) is 26.5 Å². The molecule has 0 spiro atoms. The molecule has 0 aliphatic carbocycles. The van der Waals surface area contributed by atoms with E-state index < -0.39 is 5.82 Å². The van der Waals surface area contributed by atoms with E-state index in [2.05, 4.69) is 10.3 Å². The number of nitrogens with zero attached hydrogens (tertiary/aromatic N) is 2. The fraction of sp³-hybridized carbons (Fsp3) is 0.316. The van der Waals surface area contributed by atoms with Crippen molar-refractivity contribution in [2.24, 2.45) is 4.99 Å². The summed E-state index contributed by atoms with van der Waals surface area (Å²) < 4.78 is 19.7. The molecule has 0 unspecified atom stereocenters. The number of guanidine groups is 1. The third-order valence-corrected chi connectivity index (χ3v) is 3.95. The van der Waals surface area contributed by atoms with Crippen LogP contribution in [-0.2, 0) is 16.3 Å². The van der Waals surface area contributed by atoms with Gasteiger partial charge in [-0.15, -0.1) is 0 Å². The van der Waals surface area contributed by atoms with Gasteiger partial charge in [0.25, 0.3) is 0 Å². The molecule has 144 valence electrons. The molecule has 0 radical (unpaired) electrons. The van der Waals surface area contributed by atoms with E-state index >= 15 is 0 Å². The van der Waals surface area contributed by atoms with Gasteiger partial charge >= 0.3 is 0 Å². The molecule has 2 aromatic rings. The molecule has 0 saturated carbocycles. The van der Waals surface area contributed by atoms with Gasteiger partial charge in [-0.1, -0.05) is 23.7 Å². The van der Waals surface area contributed by atoms with Crippen LogP contribution in [-0.4, -0.2) is 30.4 Å². The topological polar surface area (TPSA) is 55.3 Å². The molecule has 27 heavy (non-hydrogen) atoms. The Hall–Kier alpha value is -2.35. The van der Waals surface area contributed by atoms with Crippen molar-refractivity contribution in [3.63, 3.8) is 0 Å². The van der Waals surface area contributed by atoms with Gasteiger partial charge in [0.05, 0.1) is 6.10 Å². The predicted molar refractivity (Wildman–Crippen MR) is 102 cm³/mol. The number of anilines is 1. The Labute approximate surface area is 162 Å². The van der Waals surface area contributed by atoms with Crippen LogP contribution in [0.5, 0.6) is 5.75 Å². The Kier molecular flexibility index (Phi) is 6.49. The summed E-state index contributed by atoms with van der Waals surface area (Å²) >= 11 is 5.94. The molecule has 0 bridgehead atoms. The van der Waals surface area contributed by atoms with Crippen LogP contribution in [0.25, 0.3) is 0 Å². The minimum absolute atomic E-state index is 0.0382. The second kappa shape index (κ2) is 9.03. The lowest BCUT2D eigenvalue weighted by Crippen LogP contribution is -2.36. The number of ether oxygens (including phenoxy) is 1. The monoisotopic (exact) mass is 393 g/mol. The summed E-state index contributed by atoms with van der Waals surface area (Å²) in [5.41, 5.74) is 1.57. The lowest BCUT2D eigenvalue weighted by Gasteiger charge is -2.24. The van der Waals surface area contributed by atoms with Crippen LogP contribution in [0.4, 0.5) is 10.1 Å². The highest BCUT2D eigenvalue weighted by atomic mass is 35.5. The molecule has 8 heteroatoms. The van der Waals surface area contributed by atoms with E-state index in [0.29, 0.717) is 23.2 Å². The van der Waals surface area contributed by atoms with E-state index in [1.165, 1.54) is 6.07 Å². The second-order valence-electron chi connectivity index (χ2n) is 6.24. The molecule has 0 atom stereocenters.